The predicted molar refractivity (Wildman–Crippen MR) is 61.0 cm³/mol. The Balaban J connectivity index is 2.16. The van der Waals surface area contributed by atoms with Gasteiger partial charge in [0, 0.05) is 12.2 Å². The minimum Gasteiger partial charge on any atom is -0.394 e. The van der Waals surface area contributed by atoms with Crippen molar-refractivity contribution in [3.8, 4) is 0 Å². The summed E-state index contributed by atoms with van der Waals surface area (Å²) in [5.74, 6) is 0. The number of aromatic nitrogens is 1. The molecule has 3 heteroatoms. The van der Waals surface area contributed by atoms with E-state index in [-0.39, 0.29) is 12.6 Å². The highest BCUT2D eigenvalue weighted by molar-refractivity contribution is 5.46. The molecule has 2 heterocycles. The highest BCUT2D eigenvalue weighted by Gasteiger charge is 2.21. The third kappa shape index (κ3) is 2.29. The fraction of sp³-hybridized carbons (Fsp3) is 0.583. The van der Waals surface area contributed by atoms with Gasteiger partial charge in [-0.1, -0.05) is 0 Å². The van der Waals surface area contributed by atoms with E-state index in [1.165, 1.54) is 12.8 Å². The highest BCUT2D eigenvalue weighted by Crippen LogP contribution is 2.23. The molecule has 3 nitrogen and oxygen atoms in total. The minimum absolute atomic E-state index is 0.244. The first kappa shape index (κ1) is 10.4. The van der Waals surface area contributed by atoms with Gasteiger partial charge in [-0.2, -0.15) is 0 Å². The number of hydrogen-bond donors (Lipinski definition) is 1. The fourth-order valence-corrected chi connectivity index (χ4v) is 2.16. The van der Waals surface area contributed by atoms with Crippen molar-refractivity contribution in [3.05, 3.63) is 24.0 Å². The van der Waals surface area contributed by atoms with Crippen molar-refractivity contribution in [2.75, 3.05) is 18.1 Å². The Kier molecular flexibility index (Phi) is 3.21. The Hall–Kier alpha value is -1.09. The summed E-state index contributed by atoms with van der Waals surface area (Å²) in [6.07, 6.45) is 5.43. The summed E-state index contributed by atoms with van der Waals surface area (Å²) in [5, 5.41) is 9.32. The molecule has 82 valence electrons. The molecule has 1 saturated heterocycles. The summed E-state index contributed by atoms with van der Waals surface area (Å²) in [7, 11) is 0. The standard InChI is InChI=1S/C12H18N2O/c1-10-5-6-11(8-13-10)14-7-3-2-4-12(14)9-15/h5-6,8,12,15H,2-4,7,9H2,1H3/t12-/m1/s1. The van der Waals surface area contributed by atoms with Gasteiger partial charge in [0.25, 0.3) is 0 Å². The third-order valence-corrected chi connectivity index (χ3v) is 3.07. The van der Waals surface area contributed by atoms with Crippen LogP contribution in [0.1, 0.15) is 25.0 Å². The maximum atomic E-state index is 9.32. The summed E-state index contributed by atoms with van der Waals surface area (Å²) in [6, 6.07) is 4.40. The van der Waals surface area contributed by atoms with E-state index in [9.17, 15) is 5.11 Å². The number of aliphatic hydroxyl groups is 1. The van der Waals surface area contributed by atoms with Crippen molar-refractivity contribution >= 4 is 5.69 Å². The van der Waals surface area contributed by atoms with Crippen molar-refractivity contribution in [1.82, 2.24) is 4.98 Å². The highest BCUT2D eigenvalue weighted by atomic mass is 16.3. The second kappa shape index (κ2) is 4.62. The predicted octanol–water partition coefficient (Wildman–Crippen LogP) is 1.74. The van der Waals surface area contributed by atoms with Gasteiger partial charge in [-0.3, -0.25) is 4.98 Å². The smallest absolute Gasteiger partial charge is 0.0635 e. The van der Waals surface area contributed by atoms with Crippen LogP contribution >= 0.6 is 0 Å². The molecule has 1 aromatic rings. The number of hydrogen-bond acceptors (Lipinski definition) is 3. The zero-order chi connectivity index (χ0) is 10.7. The summed E-state index contributed by atoms with van der Waals surface area (Å²) in [4.78, 5) is 6.57. The molecule has 1 atom stereocenters. The van der Waals surface area contributed by atoms with Crippen LogP contribution in [-0.2, 0) is 0 Å². The second-order valence-electron chi connectivity index (χ2n) is 4.18. The molecule has 0 aliphatic carbocycles. The van der Waals surface area contributed by atoms with Gasteiger partial charge in [0.1, 0.15) is 0 Å². The molecule has 1 aromatic heterocycles. The summed E-state index contributed by atoms with van der Waals surface area (Å²) >= 11 is 0. The van der Waals surface area contributed by atoms with Gasteiger partial charge >= 0.3 is 0 Å². The Labute approximate surface area is 90.8 Å². The average Bonchev–Trinajstić information content (AvgIpc) is 2.30. The SMILES string of the molecule is Cc1ccc(N2CCCC[C@@H]2CO)cn1. The van der Waals surface area contributed by atoms with Gasteiger partial charge in [0.15, 0.2) is 0 Å². The van der Waals surface area contributed by atoms with Gasteiger partial charge < -0.3 is 10.0 Å². The van der Waals surface area contributed by atoms with Gasteiger partial charge in [0.05, 0.1) is 24.5 Å². The number of piperidine rings is 1. The van der Waals surface area contributed by atoms with E-state index in [2.05, 4.69) is 16.0 Å². The Morgan fingerprint density at radius 3 is 3.00 bits per heavy atom. The van der Waals surface area contributed by atoms with Crippen LogP contribution in [0.5, 0.6) is 0 Å². The number of anilines is 1. The third-order valence-electron chi connectivity index (χ3n) is 3.07. The molecule has 0 amide bonds. The maximum Gasteiger partial charge on any atom is 0.0635 e. The number of aliphatic hydroxyl groups excluding tert-OH is 1. The zero-order valence-corrected chi connectivity index (χ0v) is 9.19. The van der Waals surface area contributed by atoms with Crippen molar-refractivity contribution in [1.29, 1.82) is 0 Å². The molecule has 0 bridgehead atoms. The van der Waals surface area contributed by atoms with E-state index in [4.69, 9.17) is 0 Å². The lowest BCUT2D eigenvalue weighted by Gasteiger charge is -2.36. The quantitative estimate of drug-likeness (QED) is 0.800. The van der Waals surface area contributed by atoms with Crippen LogP contribution in [0.25, 0.3) is 0 Å². The van der Waals surface area contributed by atoms with Crippen LogP contribution in [0.4, 0.5) is 5.69 Å². The molecule has 0 unspecified atom stereocenters. The maximum absolute atomic E-state index is 9.32. The first-order valence-corrected chi connectivity index (χ1v) is 5.61. The molecule has 1 aliphatic rings. The molecular weight excluding hydrogens is 188 g/mol. The lowest BCUT2D eigenvalue weighted by atomic mass is 10.0. The number of aryl methyl sites for hydroxylation is 1. The number of pyridine rings is 1. The molecule has 1 N–H and O–H groups in total. The van der Waals surface area contributed by atoms with Gasteiger partial charge in [0.2, 0.25) is 0 Å². The van der Waals surface area contributed by atoms with E-state index < -0.39 is 0 Å². The van der Waals surface area contributed by atoms with Crippen LogP contribution in [-0.4, -0.2) is 29.3 Å². The van der Waals surface area contributed by atoms with Crippen molar-refractivity contribution in [2.45, 2.75) is 32.2 Å². The molecule has 0 radical (unpaired) electrons. The Morgan fingerprint density at radius 2 is 2.33 bits per heavy atom. The summed E-state index contributed by atoms with van der Waals surface area (Å²) in [5.41, 5.74) is 2.18. The molecule has 0 saturated carbocycles. The largest absolute Gasteiger partial charge is 0.394 e. The molecule has 0 aromatic carbocycles. The monoisotopic (exact) mass is 206 g/mol. The minimum atomic E-state index is 0.244. The molecule has 1 aliphatic heterocycles. The molecule has 1 fully saturated rings. The van der Waals surface area contributed by atoms with Gasteiger partial charge in [-0.15, -0.1) is 0 Å². The number of rotatable bonds is 2. The van der Waals surface area contributed by atoms with Crippen LogP contribution < -0.4 is 4.90 Å². The van der Waals surface area contributed by atoms with E-state index in [1.807, 2.05) is 19.2 Å². The van der Waals surface area contributed by atoms with Gasteiger partial charge in [-0.25, -0.2) is 0 Å². The first-order valence-electron chi connectivity index (χ1n) is 5.61. The van der Waals surface area contributed by atoms with Crippen LogP contribution in [0, 0.1) is 6.92 Å². The molecule has 2 rings (SSSR count). The summed E-state index contributed by atoms with van der Waals surface area (Å²) < 4.78 is 0. The van der Waals surface area contributed by atoms with Gasteiger partial charge in [-0.05, 0) is 38.3 Å². The zero-order valence-electron chi connectivity index (χ0n) is 9.19. The normalized spacial score (nSPS) is 21.7. The van der Waals surface area contributed by atoms with E-state index >= 15 is 0 Å². The number of nitrogens with zero attached hydrogens (tertiary/aromatic N) is 2. The first-order chi connectivity index (χ1) is 7.31. The van der Waals surface area contributed by atoms with Crippen LogP contribution in [0.2, 0.25) is 0 Å². The van der Waals surface area contributed by atoms with E-state index in [0.29, 0.717) is 0 Å². The van der Waals surface area contributed by atoms with Crippen molar-refractivity contribution in [2.24, 2.45) is 0 Å². The second-order valence-corrected chi connectivity index (χ2v) is 4.18. The molecule has 15 heavy (non-hydrogen) atoms. The van der Waals surface area contributed by atoms with Crippen molar-refractivity contribution < 1.29 is 5.11 Å². The van der Waals surface area contributed by atoms with E-state index in [1.54, 1.807) is 0 Å². The Bertz CT molecular complexity index is 310. The molecule has 0 spiro atoms. The molecular formula is C12H18N2O. The van der Waals surface area contributed by atoms with Crippen molar-refractivity contribution in [3.63, 3.8) is 0 Å². The van der Waals surface area contributed by atoms with E-state index in [0.717, 1.165) is 24.3 Å². The lowest BCUT2D eigenvalue weighted by molar-refractivity contribution is 0.240. The lowest BCUT2D eigenvalue weighted by Crippen LogP contribution is -2.41. The van der Waals surface area contributed by atoms with Crippen LogP contribution in [0.15, 0.2) is 18.3 Å². The summed E-state index contributed by atoms with van der Waals surface area (Å²) in [6.45, 7) is 3.27. The fourth-order valence-electron chi connectivity index (χ4n) is 2.16. The van der Waals surface area contributed by atoms with Crippen LogP contribution in [0.3, 0.4) is 0 Å². The Morgan fingerprint density at radius 1 is 1.47 bits per heavy atom. The topological polar surface area (TPSA) is 36.4 Å². The average molecular weight is 206 g/mol.